The second kappa shape index (κ2) is 9.09. The Bertz CT molecular complexity index is 1570. The topological polar surface area (TPSA) is 98.8 Å². The third-order valence-corrected chi connectivity index (χ3v) is 6.51. The summed E-state index contributed by atoms with van der Waals surface area (Å²) in [7, 11) is 5.35. The van der Waals surface area contributed by atoms with Crippen molar-refractivity contribution in [3.8, 4) is 5.75 Å². The van der Waals surface area contributed by atoms with Crippen LogP contribution in [0.1, 0.15) is 22.7 Å². The van der Waals surface area contributed by atoms with Crippen LogP contribution in [0.25, 0.3) is 16.8 Å². The van der Waals surface area contributed by atoms with Gasteiger partial charge in [0.1, 0.15) is 17.3 Å². The Kier molecular flexibility index (Phi) is 5.91. The first-order valence-corrected chi connectivity index (χ1v) is 11.6. The van der Waals surface area contributed by atoms with E-state index in [4.69, 9.17) is 4.74 Å². The highest BCUT2D eigenvalue weighted by Crippen LogP contribution is 2.42. The summed E-state index contributed by atoms with van der Waals surface area (Å²) in [5, 5.41) is 11.3. The first kappa shape index (κ1) is 24.1. The number of rotatable bonds is 5. The molecule has 1 saturated heterocycles. The number of Topliss-reactive ketones (excluding diaryl/α,β-unsaturated/α-hetero) is 1. The molecule has 3 aromatic carbocycles. The van der Waals surface area contributed by atoms with Crippen LogP contribution in [0.2, 0.25) is 0 Å². The minimum atomic E-state index is -0.968. The third kappa shape index (κ3) is 4.08. The number of benzene rings is 3. The average molecular weight is 501 g/mol. The number of nitrogens with zero attached hydrogens (tertiary/aromatic N) is 3. The number of aliphatic hydroxyl groups is 1. The Morgan fingerprint density at radius 1 is 1.08 bits per heavy atom. The van der Waals surface area contributed by atoms with Crippen molar-refractivity contribution in [3.63, 3.8) is 0 Å². The zero-order valence-electron chi connectivity index (χ0n) is 20.7. The van der Waals surface area contributed by atoms with Crippen LogP contribution in [0.3, 0.4) is 0 Å². The van der Waals surface area contributed by atoms with E-state index in [0.29, 0.717) is 27.9 Å². The molecule has 4 aromatic rings. The standard InChI is InChI=1S/C28H25FN4O4/c1-15-13-17(7-11-20(15)29)25(34)23-24(16-5-8-18(9-6-16)32(2)3)33(27(36)26(23)35)28-30-21-12-10-19(37-4)14-22(21)31-28/h5-14,24,34H,1-4H3,(H,30,31)/b25-23+. The molecule has 2 heterocycles. The van der Waals surface area contributed by atoms with Gasteiger partial charge in [0.15, 0.2) is 0 Å². The fourth-order valence-corrected chi connectivity index (χ4v) is 4.48. The van der Waals surface area contributed by atoms with Gasteiger partial charge in [-0.25, -0.2) is 9.37 Å². The Balaban J connectivity index is 1.71. The summed E-state index contributed by atoms with van der Waals surface area (Å²) < 4.78 is 19.2. The molecule has 1 aliphatic heterocycles. The third-order valence-electron chi connectivity index (χ3n) is 6.51. The van der Waals surface area contributed by atoms with Gasteiger partial charge in [-0.05, 0) is 60.5 Å². The number of hydrogen-bond acceptors (Lipinski definition) is 6. The maximum Gasteiger partial charge on any atom is 0.302 e. The molecule has 9 heteroatoms. The Morgan fingerprint density at radius 2 is 1.81 bits per heavy atom. The predicted molar refractivity (Wildman–Crippen MR) is 139 cm³/mol. The van der Waals surface area contributed by atoms with E-state index in [2.05, 4.69) is 9.97 Å². The molecular formula is C28H25FN4O4. The van der Waals surface area contributed by atoms with Gasteiger partial charge in [0.05, 0.1) is 29.8 Å². The largest absolute Gasteiger partial charge is 0.507 e. The van der Waals surface area contributed by atoms with Crippen molar-refractivity contribution in [1.82, 2.24) is 9.97 Å². The van der Waals surface area contributed by atoms with Crippen molar-refractivity contribution in [2.24, 2.45) is 0 Å². The van der Waals surface area contributed by atoms with E-state index in [-0.39, 0.29) is 22.8 Å². The maximum atomic E-state index is 13.9. The number of ether oxygens (including phenoxy) is 1. The van der Waals surface area contributed by atoms with Crippen molar-refractivity contribution < 1.29 is 23.8 Å². The minimum absolute atomic E-state index is 0.105. The number of amides is 1. The molecule has 1 fully saturated rings. The van der Waals surface area contributed by atoms with Gasteiger partial charge in [0.25, 0.3) is 5.78 Å². The van der Waals surface area contributed by atoms with Crippen LogP contribution in [-0.4, -0.2) is 48.0 Å². The SMILES string of the molecule is COc1ccc2nc(N3C(=O)C(=O)/C(=C(/O)c4ccc(F)c(C)c4)C3c3ccc(N(C)C)cc3)[nH]c2c1. The number of nitrogens with one attached hydrogen (secondary N) is 1. The number of anilines is 2. The van der Waals surface area contributed by atoms with Gasteiger partial charge >= 0.3 is 5.91 Å². The van der Waals surface area contributed by atoms with Crippen molar-refractivity contribution in [1.29, 1.82) is 0 Å². The second-order valence-corrected chi connectivity index (χ2v) is 9.06. The zero-order valence-corrected chi connectivity index (χ0v) is 20.7. The molecule has 37 heavy (non-hydrogen) atoms. The lowest BCUT2D eigenvalue weighted by atomic mass is 9.94. The number of methoxy groups -OCH3 is 1. The summed E-state index contributed by atoms with van der Waals surface area (Å²) in [6, 6.07) is 15.6. The van der Waals surface area contributed by atoms with E-state index < -0.39 is 23.5 Å². The summed E-state index contributed by atoms with van der Waals surface area (Å²) in [5.41, 5.74) is 3.15. The fourth-order valence-electron chi connectivity index (χ4n) is 4.48. The number of aliphatic hydroxyl groups excluding tert-OH is 1. The number of aryl methyl sites for hydroxylation is 1. The number of imidazole rings is 1. The lowest BCUT2D eigenvalue weighted by Gasteiger charge is -2.24. The second-order valence-electron chi connectivity index (χ2n) is 9.06. The lowest BCUT2D eigenvalue weighted by Crippen LogP contribution is -2.30. The molecule has 188 valence electrons. The smallest absolute Gasteiger partial charge is 0.302 e. The highest BCUT2D eigenvalue weighted by Gasteiger charge is 2.48. The number of H-pyrrole nitrogens is 1. The number of fused-ring (bicyclic) bond motifs is 1. The van der Waals surface area contributed by atoms with Gasteiger partial charge in [0.2, 0.25) is 5.95 Å². The van der Waals surface area contributed by atoms with Crippen molar-refractivity contribution >= 4 is 40.1 Å². The summed E-state index contributed by atoms with van der Waals surface area (Å²) in [6.07, 6.45) is 0. The van der Waals surface area contributed by atoms with Gasteiger partial charge in [-0.3, -0.25) is 14.5 Å². The predicted octanol–water partition coefficient (Wildman–Crippen LogP) is 4.71. The number of carbonyl (C=O) groups is 2. The summed E-state index contributed by atoms with van der Waals surface area (Å²) in [6.45, 7) is 1.56. The number of aromatic nitrogens is 2. The van der Waals surface area contributed by atoms with Crippen LogP contribution >= 0.6 is 0 Å². The van der Waals surface area contributed by atoms with Crippen molar-refractivity contribution in [2.45, 2.75) is 13.0 Å². The summed E-state index contributed by atoms with van der Waals surface area (Å²) >= 11 is 0. The molecule has 0 spiro atoms. The normalized spacial score (nSPS) is 17.0. The summed E-state index contributed by atoms with van der Waals surface area (Å²) in [5.74, 6) is -1.77. The number of hydrogen-bond donors (Lipinski definition) is 2. The molecular weight excluding hydrogens is 475 g/mol. The number of halogens is 1. The molecule has 5 rings (SSSR count). The molecule has 1 amide bonds. The minimum Gasteiger partial charge on any atom is -0.507 e. The molecule has 2 N–H and O–H groups in total. The zero-order chi connectivity index (χ0) is 26.4. The van der Waals surface area contributed by atoms with E-state index in [1.165, 1.54) is 23.1 Å². The Morgan fingerprint density at radius 3 is 2.46 bits per heavy atom. The molecule has 1 unspecified atom stereocenters. The van der Waals surface area contributed by atoms with Crippen LogP contribution in [0.4, 0.5) is 16.0 Å². The Labute approximate surface area is 212 Å². The van der Waals surface area contributed by atoms with Crippen LogP contribution in [0.15, 0.2) is 66.2 Å². The molecule has 0 bridgehead atoms. The van der Waals surface area contributed by atoms with E-state index >= 15 is 0 Å². The van der Waals surface area contributed by atoms with Gasteiger partial charge in [0, 0.05) is 31.4 Å². The number of carbonyl (C=O) groups excluding carboxylic acids is 2. The van der Waals surface area contributed by atoms with E-state index in [1.54, 1.807) is 44.4 Å². The Hall–Kier alpha value is -4.66. The monoisotopic (exact) mass is 500 g/mol. The average Bonchev–Trinajstić information content (AvgIpc) is 3.42. The molecule has 1 atom stereocenters. The van der Waals surface area contributed by atoms with Gasteiger partial charge in [-0.1, -0.05) is 12.1 Å². The molecule has 1 aromatic heterocycles. The van der Waals surface area contributed by atoms with Gasteiger partial charge < -0.3 is 19.7 Å². The fraction of sp³-hybridized carbons (Fsp3) is 0.179. The van der Waals surface area contributed by atoms with E-state index in [9.17, 15) is 19.1 Å². The molecule has 8 nitrogen and oxygen atoms in total. The van der Waals surface area contributed by atoms with Crippen LogP contribution in [-0.2, 0) is 9.59 Å². The van der Waals surface area contributed by atoms with Crippen LogP contribution in [0.5, 0.6) is 5.75 Å². The van der Waals surface area contributed by atoms with Crippen molar-refractivity contribution in [3.05, 3.63) is 88.7 Å². The maximum absolute atomic E-state index is 13.9. The van der Waals surface area contributed by atoms with Gasteiger partial charge in [-0.15, -0.1) is 0 Å². The highest BCUT2D eigenvalue weighted by atomic mass is 19.1. The molecule has 0 saturated carbocycles. The quantitative estimate of drug-likeness (QED) is 0.234. The number of aromatic amines is 1. The number of ketones is 1. The first-order chi connectivity index (χ1) is 17.7. The van der Waals surface area contributed by atoms with Crippen LogP contribution < -0.4 is 14.5 Å². The van der Waals surface area contributed by atoms with Gasteiger partial charge in [-0.2, -0.15) is 0 Å². The summed E-state index contributed by atoms with van der Waals surface area (Å²) in [4.78, 5) is 37.6. The first-order valence-electron chi connectivity index (χ1n) is 11.6. The van der Waals surface area contributed by atoms with Crippen LogP contribution in [0, 0.1) is 12.7 Å². The molecule has 0 aliphatic carbocycles. The lowest BCUT2D eigenvalue weighted by molar-refractivity contribution is -0.132. The van der Waals surface area contributed by atoms with E-state index in [0.717, 1.165) is 5.69 Å². The molecule has 0 radical (unpaired) electrons. The molecule has 1 aliphatic rings. The van der Waals surface area contributed by atoms with E-state index in [1.807, 2.05) is 31.1 Å². The highest BCUT2D eigenvalue weighted by molar-refractivity contribution is 6.51. The van der Waals surface area contributed by atoms with Crippen molar-refractivity contribution in [2.75, 3.05) is 31.0 Å².